The van der Waals surface area contributed by atoms with Crippen LogP contribution in [-0.4, -0.2) is 11.8 Å². The van der Waals surface area contributed by atoms with Gasteiger partial charge in [0, 0.05) is 17.8 Å². The highest BCUT2D eigenvalue weighted by molar-refractivity contribution is 6.37. The summed E-state index contributed by atoms with van der Waals surface area (Å²) in [4.78, 5) is 0. The Bertz CT molecular complexity index is 298. The van der Waals surface area contributed by atoms with Crippen LogP contribution < -0.4 is 5.32 Å². The molecule has 3 heteroatoms. The van der Waals surface area contributed by atoms with E-state index < -0.39 is 0 Å². The van der Waals surface area contributed by atoms with E-state index in [0.29, 0.717) is 16.8 Å². The highest BCUT2D eigenvalue weighted by Crippen LogP contribution is 2.19. The second kappa shape index (κ2) is 4.28. The van der Waals surface area contributed by atoms with Gasteiger partial charge < -0.3 is 10.7 Å². The predicted octanol–water partition coefficient (Wildman–Crippen LogP) is 2.58. The van der Waals surface area contributed by atoms with E-state index in [0.717, 1.165) is 5.57 Å². The van der Waals surface area contributed by atoms with Gasteiger partial charge >= 0.3 is 0 Å². The highest BCUT2D eigenvalue weighted by Gasteiger charge is 2.09. The maximum Gasteiger partial charge on any atom is 0.0641 e. The van der Waals surface area contributed by atoms with Gasteiger partial charge in [0.15, 0.2) is 0 Å². The van der Waals surface area contributed by atoms with Crippen LogP contribution in [0.2, 0.25) is 0 Å². The van der Waals surface area contributed by atoms with Crippen LogP contribution in [-0.2, 0) is 0 Å². The lowest BCUT2D eigenvalue weighted by Gasteiger charge is -2.11. The van der Waals surface area contributed by atoms with Crippen LogP contribution >= 0.6 is 11.6 Å². The van der Waals surface area contributed by atoms with Crippen molar-refractivity contribution in [3.8, 4) is 0 Å². The second-order valence-electron chi connectivity index (χ2n) is 3.17. The van der Waals surface area contributed by atoms with E-state index in [4.69, 9.17) is 17.0 Å². The fourth-order valence-electron chi connectivity index (χ4n) is 0.934. The van der Waals surface area contributed by atoms with Crippen molar-refractivity contribution in [2.45, 2.75) is 19.9 Å². The summed E-state index contributed by atoms with van der Waals surface area (Å²) in [6.07, 6.45) is 7.07. The Morgan fingerprint density at radius 3 is 2.77 bits per heavy atom. The van der Waals surface area contributed by atoms with Crippen molar-refractivity contribution in [2.24, 2.45) is 0 Å². The molecule has 0 aromatic rings. The van der Waals surface area contributed by atoms with Crippen molar-refractivity contribution < 1.29 is 0 Å². The molecule has 0 spiro atoms. The first-order chi connectivity index (χ1) is 6.11. The van der Waals surface area contributed by atoms with E-state index in [-0.39, 0.29) is 0 Å². The Balaban J connectivity index is 2.79. The SMILES string of the molecule is CC(C)N/C=C1\C(=N)C=CC=C1Cl. The first-order valence-electron chi connectivity index (χ1n) is 4.20. The minimum atomic E-state index is 0.357. The summed E-state index contributed by atoms with van der Waals surface area (Å²) in [6, 6.07) is 0.357. The van der Waals surface area contributed by atoms with E-state index in [9.17, 15) is 0 Å². The van der Waals surface area contributed by atoms with Crippen LogP contribution in [0.1, 0.15) is 13.8 Å². The molecule has 0 unspecified atom stereocenters. The molecule has 0 aliphatic heterocycles. The number of nitrogens with one attached hydrogen (secondary N) is 2. The van der Waals surface area contributed by atoms with Crippen molar-refractivity contribution in [1.82, 2.24) is 5.32 Å². The Kier molecular flexibility index (Phi) is 3.32. The highest BCUT2D eigenvalue weighted by atomic mass is 35.5. The Hall–Kier alpha value is -1.02. The van der Waals surface area contributed by atoms with Crippen molar-refractivity contribution in [1.29, 1.82) is 5.41 Å². The Morgan fingerprint density at radius 1 is 1.54 bits per heavy atom. The van der Waals surface area contributed by atoms with Gasteiger partial charge in [-0.2, -0.15) is 0 Å². The van der Waals surface area contributed by atoms with Gasteiger partial charge in [0.25, 0.3) is 0 Å². The van der Waals surface area contributed by atoms with E-state index in [1.54, 1.807) is 24.4 Å². The summed E-state index contributed by atoms with van der Waals surface area (Å²) < 4.78 is 0. The Morgan fingerprint density at radius 2 is 2.23 bits per heavy atom. The average molecular weight is 197 g/mol. The molecule has 1 rings (SSSR count). The minimum Gasteiger partial charge on any atom is -0.388 e. The minimum absolute atomic E-state index is 0.357. The van der Waals surface area contributed by atoms with E-state index in [2.05, 4.69) is 5.32 Å². The zero-order valence-corrected chi connectivity index (χ0v) is 8.52. The molecule has 0 saturated carbocycles. The zero-order valence-electron chi connectivity index (χ0n) is 7.76. The molecule has 0 radical (unpaired) electrons. The quantitative estimate of drug-likeness (QED) is 0.700. The van der Waals surface area contributed by atoms with Crippen LogP contribution in [0.15, 0.2) is 35.0 Å². The molecule has 1 aliphatic rings. The van der Waals surface area contributed by atoms with Gasteiger partial charge in [-0.25, -0.2) is 0 Å². The van der Waals surface area contributed by atoms with Crippen LogP contribution in [0.4, 0.5) is 0 Å². The van der Waals surface area contributed by atoms with Crippen LogP contribution in [0.25, 0.3) is 0 Å². The third kappa shape index (κ3) is 2.74. The molecule has 0 aromatic carbocycles. The lowest BCUT2D eigenvalue weighted by Crippen LogP contribution is -2.18. The molecule has 0 atom stereocenters. The standard InChI is InChI=1S/C10H13ClN2/c1-7(2)13-6-8-9(11)4-3-5-10(8)12/h3-7,12-13H,1-2H3/b8-6-,12-10?. The average Bonchev–Trinajstić information content (AvgIpc) is 2.03. The summed E-state index contributed by atoms with van der Waals surface area (Å²) in [7, 11) is 0. The van der Waals surface area contributed by atoms with Crippen molar-refractivity contribution in [3.63, 3.8) is 0 Å². The fourth-order valence-corrected chi connectivity index (χ4v) is 1.16. The lowest BCUT2D eigenvalue weighted by atomic mass is 10.1. The van der Waals surface area contributed by atoms with Crippen LogP contribution in [0, 0.1) is 5.41 Å². The largest absolute Gasteiger partial charge is 0.388 e. The van der Waals surface area contributed by atoms with Gasteiger partial charge in [0.05, 0.1) is 10.7 Å². The van der Waals surface area contributed by atoms with Crippen LogP contribution in [0.5, 0.6) is 0 Å². The molecule has 0 saturated heterocycles. The number of rotatable bonds is 2. The van der Waals surface area contributed by atoms with Gasteiger partial charge in [0.1, 0.15) is 0 Å². The fraction of sp³-hybridized carbons (Fsp3) is 0.300. The van der Waals surface area contributed by atoms with Gasteiger partial charge in [-0.05, 0) is 26.0 Å². The van der Waals surface area contributed by atoms with Crippen molar-refractivity contribution in [2.75, 3.05) is 0 Å². The van der Waals surface area contributed by atoms with Gasteiger partial charge in [0.2, 0.25) is 0 Å². The number of hydrogen-bond acceptors (Lipinski definition) is 2. The maximum atomic E-state index is 7.60. The van der Waals surface area contributed by atoms with Crippen molar-refractivity contribution >= 4 is 17.3 Å². The zero-order chi connectivity index (χ0) is 9.84. The molecule has 70 valence electrons. The summed E-state index contributed by atoms with van der Waals surface area (Å²) in [5.41, 5.74) is 1.19. The predicted molar refractivity (Wildman–Crippen MR) is 57.2 cm³/mol. The normalized spacial score (nSPS) is 19.5. The first kappa shape index (κ1) is 10.1. The molecule has 0 amide bonds. The molecule has 0 bridgehead atoms. The maximum absolute atomic E-state index is 7.60. The molecule has 1 aliphatic carbocycles. The van der Waals surface area contributed by atoms with Gasteiger partial charge in [-0.1, -0.05) is 17.7 Å². The molecular weight excluding hydrogens is 184 g/mol. The molecular formula is C10H13ClN2. The van der Waals surface area contributed by atoms with E-state index in [1.807, 2.05) is 13.8 Å². The third-order valence-electron chi connectivity index (χ3n) is 1.61. The lowest BCUT2D eigenvalue weighted by molar-refractivity contribution is 0.701. The van der Waals surface area contributed by atoms with Gasteiger partial charge in [-0.15, -0.1) is 0 Å². The van der Waals surface area contributed by atoms with E-state index in [1.165, 1.54) is 0 Å². The van der Waals surface area contributed by atoms with Crippen molar-refractivity contribution in [3.05, 3.63) is 35.0 Å². The number of hydrogen-bond donors (Lipinski definition) is 2. The van der Waals surface area contributed by atoms with E-state index >= 15 is 0 Å². The van der Waals surface area contributed by atoms with Crippen LogP contribution in [0.3, 0.4) is 0 Å². The smallest absolute Gasteiger partial charge is 0.0641 e. The number of allylic oxidation sites excluding steroid dienone is 5. The molecule has 13 heavy (non-hydrogen) atoms. The monoisotopic (exact) mass is 196 g/mol. The number of halogens is 1. The summed E-state index contributed by atoms with van der Waals surface area (Å²) in [5.74, 6) is 0. The first-order valence-corrected chi connectivity index (χ1v) is 4.58. The summed E-state index contributed by atoms with van der Waals surface area (Å²) in [6.45, 7) is 4.08. The topological polar surface area (TPSA) is 35.9 Å². The molecule has 2 nitrogen and oxygen atoms in total. The third-order valence-corrected chi connectivity index (χ3v) is 1.94. The second-order valence-corrected chi connectivity index (χ2v) is 3.57. The molecule has 0 fully saturated rings. The van der Waals surface area contributed by atoms with Gasteiger partial charge in [-0.3, -0.25) is 0 Å². The summed E-state index contributed by atoms with van der Waals surface area (Å²) >= 11 is 5.92. The molecule has 0 heterocycles. The molecule has 2 N–H and O–H groups in total. The molecule has 0 aromatic heterocycles. The summed E-state index contributed by atoms with van der Waals surface area (Å²) in [5, 5.41) is 11.3. The Labute approximate surface area is 83.5 Å².